The molecule has 2 heterocycles. The Hall–Kier alpha value is -3.20. The van der Waals surface area contributed by atoms with Crippen molar-refractivity contribution in [3.8, 4) is 0 Å². The van der Waals surface area contributed by atoms with Crippen molar-refractivity contribution in [3.05, 3.63) is 47.5 Å². The molecule has 0 aliphatic carbocycles. The molecule has 2 saturated heterocycles. The van der Waals surface area contributed by atoms with E-state index in [9.17, 15) is 19.2 Å². The molecule has 0 radical (unpaired) electrons. The number of likely N-dealkylation sites (tertiary alicyclic amines) is 2. The fourth-order valence-corrected chi connectivity index (χ4v) is 6.37. The van der Waals surface area contributed by atoms with Crippen LogP contribution in [0.4, 0.5) is 0 Å². The number of carbonyl (C=O) groups is 4. The van der Waals surface area contributed by atoms with Gasteiger partial charge >= 0.3 is 5.97 Å². The van der Waals surface area contributed by atoms with Gasteiger partial charge in [0.15, 0.2) is 0 Å². The van der Waals surface area contributed by atoms with E-state index in [4.69, 9.17) is 4.74 Å². The van der Waals surface area contributed by atoms with Crippen LogP contribution < -0.4 is 5.32 Å². The predicted octanol–water partition coefficient (Wildman–Crippen LogP) is 4.55. The van der Waals surface area contributed by atoms with Crippen molar-refractivity contribution >= 4 is 23.7 Å². The average Bonchev–Trinajstić information content (AvgIpc) is 3.50. The van der Waals surface area contributed by atoms with Crippen LogP contribution in [0.15, 0.2) is 42.0 Å². The maximum absolute atomic E-state index is 13.9. The predicted molar refractivity (Wildman–Crippen MR) is 172 cm³/mol. The molecule has 2 fully saturated rings. The first-order chi connectivity index (χ1) is 20.8. The van der Waals surface area contributed by atoms with Crippen molar-refractivity contribution in [2.24, 2.45) is 11.8 Å². The van der Waals surface area contributed by atoms with Crippen molar-refractivity contribution in [2.45, 2.75) is 117 Å². The topological polar surface area (TPSA) is 99.3 Å². The van der Waals surface area contributed by atoms with Gasteiger partial charge in [-0.1, -0.05) is 70.5 Å². The van der Waals surface area contributed by atoms with Gasteiger partial charge < -0.3 is 19.9 Å². The summed E-state index contributed by atoms with van der Waals surface area (Å²) < 4.78 is 5.56. The maximum atomic E-state index is 13.9. The zero-order chi connectivity index (χ0) is 32.6. The van der Waals surface area contributed by atoms with Crippen molar-refractivity contribution in [2.75, 3.05) is 20.1 Å². The number of hydrogen-bond acceptors (Lipinski definition) is 6. The fourth-order valence-electron chi connectivity index (χ4n) is 6.37. The molecule has 9 heteroatoms. The lowest BCUT2D eigenvalue weighted by molar-refractivity contribution is -0.153. The van der Waals surface area contributed by atoms with Crippen molar-refractivity contribution in [3.63, 3.8) is 0 Å². The molecule has 2 aliphatic heterocycles. The molecular formula is C35H54N4O5. The minimum atomic E-state index is -0.684. The Morgan fingerprint density at radius 3 is 2.20 bits per heavy atom. The van der Waals surface area contributed by atoms with Crippen LogP contribution in [0.1, 0.15) is 86.1 Å². The number of nitrogens with one attached hydrogen (secondary N) is 1. The van der Waals surface area contributed by atoms with Crippen LogP contribution in [-0.4, -0.2) is 88.7 Å². The molecule has 3 rings (SSSR count). The third kappa shape index (κ3) is 8.93. The highest BCUT2D eigenvalue weighted by Gasteiger charge is 2.38. The Balaban J connectivity index is 1.71. The summed E-state index contributed by atoms with van der Waals surface area (Å²) in [6, 6.07) is 7.81. The van der Waals surface area contributed by atoms with Gasteiger partial charge in [-0.05, 0) is 70.4 Å². The summed E-state index contributed by atoms with van der Waals surface area (Å²) in [5, 5.41) is 3.09. The highest BCUT2D eigenvalue weighted by molar-refractivity contribution is 5.96. The van der Waals surface area contributed by atoms with Crippen molar-refractivity contribution in [1.82, 2.24) is 20.0 Å². The van der Waals surface area contributed by atoms with E-state index in [1.54, 1.807) is 23.8 Å². The van der Waals surface area contributed by atoms with E-state index in [1.807, 2.05) is 64.1 Å². The third-order valence-corrected chi connectivity index (χ3v) is 8.99. The summed E-state index contributed by atoms with van der Waals surface area (Å²) in [4.78, 5) is 59.4. The second kappa shape index (κ2) is 16.2. The van der Waals surface area contributed by atoms with E-state index in [0.29, 0.717) is 18.5 Å². The molecule has 2 aliphatic rings. The Morgan fingerprint density at radius 1 is 0.932 bits per heavy atom. The second-order valence-corrected chi connectivity index (χ2v) is 13.4. The molecule has 244 valence electrons. The standard InChI is InChI=1S/C35H54N4O5/c1-23(2)30(37(8)34(42)31(24(3)4)36-32(40)28-17-12-13-19-38(28)25(5)6)21-26(7)33(41)39-20-14-18-29(39)35(43)44-22-27-15-10-9-11-16-27/h9-11,15-16,21,23-25,28-31H,12-14,17-20,22H2,1-8H3,(H,36,40)/b26-21+/t28-,29+,30?,31+/m1/s1. The molecule has 9 nitrogen and oxygen atoms in total. The Bertz CT molecular complexity index is 1160. The van der Waals surface area contributed by atoms with E-state index in [1.165, 1.54) is 0 Å². The van der Waals surface area contributed by atoms with Crippen LogP contribution >= 0.6 is 0 Å². The summed E-state index contributed by atoms with van der Waals surface area (Å²) in [7, 11) is 1.74. The first kappa shape index (κ1) is 35.3. The Morgan fingerprint density at radius 2 is 1.59 bits per heavy atom. The summed E-state index contributed by atoms with van der Waals surface area (Å²) in [6.45, 7) is 15.4. The molecule has 4 atom stereocenters. The van der Waals surface area contributed by atoms with Crippen LogP contribution in [-0.2, 0) is 30.5 Å². The van der Waals surface area contributed by atoms with Gasteiger partial charge in [0.1, 0.15) is 18.7 Å². The third-order valence-electron chi connectivity index (χ3n) is 8.99. The van der Waals surface area contributed by atoms with Gasteiger partial charge in [0, 0.05) is 25.2 Å². The van der Waals surface area contributed by atoms with Gasteiger partial charge in [-0.25, -0.2) is 4.79 Å². The van der Waals surface area contributed by atoms with E-state index in [2.05, 4.69) is 24.1 Å². The van der Waals surface area contributed by atoms with Gasteiger partial charge in [-0.3, -0.25) is 19.3 Å². The Labute approximate surface area is 264 Å². The second-order valence-electron chi connectivity index (χ2n) is 13.4. The number of carbonyl (C=O) groups excluding carboxylic acids is 4. The lowest BCUT2D eigenvalue weighted by atomic mass is 9.95. The molecule has 1 aromatic carbocycles. The average molecular weight is 611 g/mol. The van der Waals surface area contributed by atoms with Crippen LogP contribution in [0.3, 0.4) is 0 Å². The highest BCUT2D eigenvalue weighted by atomic mass is 16.5. The molecule has 0 aromatic heterocycles. The van der Waals surface area contributed by atoms with Gasteiger partial charge in [-0.2, -0.15) is 0 Å². The number of nitrogens with zero attached hydrogens (tertiary/aromatic N) is 3. The monoisotopic (exact) mass is 610 g/mol. The van der Waals surface area contributed by atoms with Crippen LogP contribution in [0.25, 0.3) is 0 Å². The molecular weight excluding hydrogens is 556 g/mol. The van der Waals surface area contributed by atoms with Gasteiger partial charge in [0.25, 0.3) is 0 Å². The smallest absolute Gasteiger partial charge is 0.329 e. The van der Waals surface area contributed by atoms with E-state index < -0.39 is 18.1 Å². The van der Waals surface area contributed by atoms with E-state index >= 15 is 0 Å². The molecule has 1 N–H and O–H groups in total. The SMILES string of the molecule is C/C(=C\C(C(C)C)N(C)C(=O)[C@@H](NC(=O)[C@H]1CCCCN1C(C)C)C(C)C)C(=O)N1CCC[C@H]1C(=O)OCc1ccccc1. The van der Waals surface area contributed by atoms with E-state index in [0.717, 1.165) is 37.8 Å². The maximum Gasteiger partial charge on any atom is 0.329 e. The lowest BCUT2D eigenvalue weighted by Crippen LogP contribution is -2.58. The van der Waals surface area contributed by atoms with Gasteiger partial charge in [0.05, 0.1) is 12.1 Å². The number of ether oxygens (including phenoxy) is 1. The summed E-state index contributed by atoms with van der Waals surface area (Å²) in [5.41, 5.74) is 1.37. The number of amides is 3. The largest absolute Gasteiger partial charge is 0.459 e. The number of piperidine rings is 1. The van der Waals surface area contributed by atoms with Crippen molar-refractivity contribution in [1.29, 1.82) is 0 Å². The molecule has 1 aromatic rings. The summed E-state index contributed by atoms with van der Waals surface area (Å²) in [5.74, 6) is -1.01. The number of esters is 1. The first-order valence-electron chi connectivity index (χ1n) is 16.4. The van der Waals surface area contributed by atoms with Crippen LogP contribution in [0.2, 0.25) is 0 Å². The highest BCUT2D eigenvalue weighted by Crippen LogP contribution is 2.24. The molecule has 0 spiro atoms. The lowest BCUT2D eigenvalue weighted by Gasteiger charge is -2.39. The van der Waals surface area contributed by atoms with Gasteiger partial charge in [-0.15, -0.1) is 0 Å². The molecule has 0 saturated carbocycles. The van der Waals surface area contributed by atoms with E-state index in [-0.39, 0.29) is 54.3 Å². The normalized spacial score (nSPS) is 21.0. The van der Waals surface area contributed by atoms with Crippen LogP contribution in [0.5, 0.6) is 0 Å². The molecule has 1 unspecified atom stereocenters. The molecule has 44 heavy (non-hydrogen) atoms. The zero-order valence-electron chi connectivity index (χ0n) is 28.0. The quantitative estimate of drug-likeness (QED) is 0.275. The summed E-state index contributed by atoms with van der Waals surface area (Å²) in [6.07, 6.45) is 5.97. The minimum absolute atomic E-state index is 0.00945. The number of benzene rings is 1. The first-order valence-corrected chi connectivity index (χ1v) is 16.4. The fraction of sp³-hybridized carbons (Fsp3) is 0.657. The van der Waals surface area contributed by atoms with Crippen LogP contribution in [0, 0.1) is 11.8 Å². The molecule has 3 amide bonds. The zero-order valence-corrected chi connectivity index (χ0v) is 28.0. The number of rotatable bonds is 12. The Kier molecular flexibility index (Phi) is 13.0. The van der Waals surface area contributed by atoms with Gasteiger partial charge in [0.2, 0.25) is 17.7 Å². The number of hydrogen-bond donors (Lipinski definition) is 1. The minimum Gasteiger partial charge on any atom is -0.459 e. The molecule has 0 bridgehead atoms. The summed E-state index contributed by atoms with van der Waals surface area (Å²) >= 11 is 0. The van der Waals surface area contributed by atoms with Crippen molar-refractivity contribution < 1.29 is 23.9 Å². The number of likely N-dealkylation sites (N-methyl/N-ethyl adjacent to an activating group) is 1.